The molecule has 0 saturated heterocycles. The van der Waals surface area contributed by atoms with Crippen LogP contribution in [0.15, 0.2) is 35.9 Å². The van der Waals surface area contributed by atoms with Crippen LogP contribution in [0.3, 0.4) is 0 Å². The molecule has 2 rings (SSSR count). The Balaban J connectivity index is 2.30. The van der Waals surface area contributed by atoms with Gasteiger partial charge in [0, 0.05) is 0 Å². The maximum atomic E-state index is 13.5. The van der Waals surface area contributed by atoms with Crippen LogP contribution < -0.4 is 0 Å². The lowest BCUT2D eigenvalue weighted by Crippen LogP contribution is -2.20. The summed E-state index contributed by atoms with van der Waals surface area (Å²) in [4.78, 5) is 0. The van der Waals surface area contributed by atoms with Crippen molar-refractivity contribution in [3.63, 3.8) is 0 Å². The zero-order valence-electron chi connectivity index (χ0n) is 12.5. The highest BCUT2D eigenvalue weighted by atomic mass is 19.1. The fraction of sp³-hybridized carbons (Fsp3) is 0.444. The third-order valence-corrected chi connectivity index (χ3v) is 4.33. The summed E-state index contributed by atoms with van der Waals surface area (Å²) < 4.78 is 13.5. The second-order valence-electron chi connectivity index (χ2n) is 5.98. The lowest BCUT2D eigenvalue weighted by atomic mass is 9.75. The van der Waals surface area contributed by atoms with Crippen LogP contribution in [-0.4, -0.2) is 5.11 Å². The minimum Gasteiger partial charge on any atom is -0.505 e. The number of aryl methyl sites for hydroxylation is 1. The van der Waals surface area contributed by atoms with E-state index in [-0.39, 0.29) is 5.75 Å². The number of rotatable bonds is 3. The second-order valence-corrected chi connectivity index (χ2v) is 5.98. The van der Waals surface area contributed by atoms with E-state index in [0.29, 0.717) is 11.8 Å². The number of hydrogen-bond donors (Lipinski definition) is 1. The van der Waals surface area contributed by atoms with Crippen LogP contribution in [-0.2, 0) is 12.8 Å². The molecule has 0 fully saturated rings. The van der Waals surface area contributed by atoms with Crippen LogP contribution in [0, 0.1) is 17.7 Å². The highest BCUT2D eigenvalue weighted by molar-refractivity contribution is 5.38. The Morgan fingerprint density at radius 3 is 2.65 bits per heavy atom. The molecule has 0 amide bonds. The highest BCUT2D eigenvalue weighted by Crippen LogP contribution is 2.36. The second kappa shape index (κ2) is 5.82. The number of hydrogen-bond acceptors (Lipinski definition) is 1. The number of allylic oxidation sites excluding steroid dienone is 3. The molecule has 1 unspecified atom stereocenters. The van der Waals surface area contributed by atoms with E-state index in [9.17, 15) is 9.50 Å². The molecule has 1 N–H and O–H groups in total. The fourth-order valence-electron chi connectivity index (χ4n) is 3.23. The monoisotopic (exact) mass is 274 g/mol. The molecule has 1 aliphatic rings. The zero-order chi connectivity index (χ0) is 14.9. The van der Waals surface area contributed by atoms with Gasteiger partial charge in [0.15, 0.2) is 11.6 Å². The van der Waals surface area contributed by atoms with Gasteiger partial charge in [-0.3, -0.25) is 0 Å². The first-order chi connectivity index (χ1) is 9.42. The van der Waals surface area contributed by atoms with Gasteiger partial charge in [-0.2, -0.15) is 0 Å². The lowest BCUT2D eigenvalue weighted by Gasteiger charge is -2.30. The van der Waals surface area contributed by atoms with Gasteiger partial charge in [-0.15, -0.1) is 0 Å². The van der Waals surface area contributed by atoms with Gasteiger partial charge in [0.25, 0.3) is 0 Å². The zero-order valence-corrected chi connectivity index (χ0v) is 12.5. The molecule has 0 radical (unpaired) electrons. The molecule has 2 heteroatoms. The maximum Gasteiger partial charge on any atom is 0.165 e. The smallest absolute Gasteiger partial charge is 0.165 e. The van der Waals surface area contributed by atoms with Gasteiger partial charge < -0.3 is 5.11 Å². The molecule has 2 atom stereocenters. The number of halogens is 1. The molecule has 0 saturated carbocycles. The molecule has 1 nitrogen and oxygen atoms in total. The highest BCUT2D eigenvalue weighted by Gasteiger charge is 2.25. The van der Waals surface area contributed by atoms with Crippen molar-refractivity contribution in [2.24, 2.45) is 11.8 Å². The van der Waals surface area contributed by atoms with Crippen molar-refractivity contribution in [2.45, 2.75) is 40.0 Å². The Morgan fingerprint density at radius 1 is 1.35 bits per heavy atom. The summed E-state index contributed by atoms with van der Waals surface area (Å²) in [7, 11) is 0. The summed E-state index contributed by atoms with van der Waals surface area (Å²) in [6.45, 7) is 10.6. The van der Waals surface area contributed by atoms with Crippen molar-refractivity contribution in [3.05, 3.63) is 52.9 Å². The van der Waals surface area contributed by atoms with Crippen LogP contribution >= 0.6 is 0 Å². The van der Waals surface area contributed by atoms with Crippen molar-refractivity contribution in [1.29, 1.82) is 0 Å². The van der Waals surface area contributed by atoms with E-state index in [0.717, 1.165) is 36.0 Å². The predicted molar refractivity (Wildman–Crippen MR) is 81.3 cm³/mol. The molecular weight excluding hydrogens is 251 g/mol. The molecule has 1 aliphatic carbocycles. The standard InChI is InChI=1S/C18H23FO/c1-5-14-9-17(19)18(20)10-15(14)8-16-12(3)6-11(2)7-13(16)4/h6,9-10,13,16,20H,3,5,7-8H2,1-2,4H3/t13?,16-/m1/s1. The van der Waals surface area contributed by atoms with Crippen LogP contribution in [0.25, 0.3) is 0 Å². The van der Waals surface area contributed by atoms with E-state index in [2.05, 4.69) is 26.5 Å². The largest absolute Gasteiger partial charge is 0.505 e. The van der Waals surface area contributed by atoms with Gasteiger partial charge in [0.2, 0.25) is 0 Å². The average molecular weight is 274 g/mol. The molecular formula is C18H23FO. The molecule has 1 aromatic rings. The molecule has 0 aromatic heterocycles. The normalized spacial score (nSPS) is 22.8. The van der Waals surface area contributed by atoms with Gasteiger partial charge >= 0.3 is 0 Å². The summed E-state index contributed by atoms with van der Waals surface area (Å²) in [6.07, 6.45) is 4.84. The van der Waals surface area contributed by atoms with Crippen LogP contribution in [0.2, 0.25) is 0 Å². The van der Waals surface area contributed by atoms with E-state index in [1.807, 2.05) is 6.92 Å². The first-order valence-electron chi connectivity index (χ1n) is 7.28. The molecule has 0 aliphatic heterocycles. The van der Waals surface area contributed by atoms with Gasteiger partial charge in [0.05, 0.1) is 0 Å². The van der Waals surface area contributed by atoms with Crippen molar-refractivity contribution in [2.75, 3.05) is 0 Å². The van der Waals surface area contributed by atoms with Crippen LogP contribution in [0.4, 0.5) is 4.39 Å². The number of aromatic hydroxyl groups is 1. The first kappa shape index (κ1) is 14.8. The van der Waals surface area contributed by atoms with Gasteiger partial charge in [0.1, 0.15) is 0 Å². The average Bonchev–Trinajstić information content (AvgIpc) is 2.37. The predicted octanol–water partition coefficient (Wildman–Crippen LogP) is 4.79. The number of phenols is 1. The molecule has 1 aromatic carbocycles. The van der Waals surface area contributed by atoms with E-state index < -0.39 is 5.82 Å². The van der Waals surface area contributed by atoms with E-state index in [1.165, 1.54) is 11.6 Å². The Kier molecular flexibility index (Phi) is 4.32. The summed E-state index contributed by atoms with van der Waals surface area (Å²) in [6, 6.07) is 3.04. The van der Waals surface area contributed by atoms with Crippen molar-refractivity contribution < 1.29 is 9.50 Å². The SMILES string of the molecule is C=C1C=C(C)CC(C)[C@@H]1Cc1cc(O)c(F)cc1CC. The quantitative estimate of drug-likeness (QED) is 0.839. The van der Waals surface area contributed by atoms with Crippen molar-refractivity contribution >= 4 is 0 Å². The van der Waals surface area contributed by atoms with Crippen molar-refractivity contribution in [1.82, 2.24) is 0 Å². The van der Waals surface area contributed by atoms with E-state index in [1.54, 1.807) is 6.07 Å². The van der Waals surface area contributed by atoms with Gasteiger partial charge in [-0.25, -0.2) is 4.39 Å². The maximum absolute atomic E-state index is 13.5. The Bertz CT molecular complexity index is 557. The fourth-order valence-corrected chi connectivity index (χ4v) is 3.23. The minimum atomic E-state index is -0.531. The third-order valence-electron chi connectivity index (χ3n) is 4.33. The Hall–Kier alpha value is -1.57. The summed E-state index contributed by atoms with van der Waals surface area (Å²) in [5, 5.41) is 9.61. The Morgan fingerprint density at radius 2 is 2.05 bits per heavy atom. The summed E-state index contributed by atoms with van der Waals surface area (Å²) in [5.41, 5.74) is 4.53. The van der Waals surface area contributed by atoms with E-state index >= 15 is 0 Å². The Labute approximate surface area is 120 Å². The summed E-state index contributed by atoms with van der Waals surface area (Å²) in [5.74, 6) is 0.119. The topological polar surface area (TPSA) is 20.2 Å². The van der Waals surface area contributed by atoms with Gasteiger partial charge in [-0.05, 0) is 61.3 Å². The molecule has 0 spiro atoms. The van der Waals surface area contributed by atoms with Gasteiger partial charge in [-0.1, -0.05) is 37.6 Å². The van der Waals surface area contributed by atoms with E-state index in [4.69, 9.17) is 0 Å². The molecule has 0 heterocycles. The minimum absolute atomic E-state index is 0.252. The van der Waals surface area contributed by atoms with Crippen molar-refractivity contribution in [3.8, 4) is 5.75 Å². The molecule has 0 bridgehead atoms. The van der Waals surface area contributed by atoms with Crippen LogP contribution in [0.1, 0.15) is 38.3 Å². The number of benzene rings is 1. The lowest BCUT2D eigenvalue weighted by molar-refractivity contribution is 0.393. The number of phenolic OH excluding ortho intramolecular Hbond substituents is 1. The van der Waals surface area contributed by atoms with Crippen LogP contribution in [0.5, 0.6) is 5.75 Å². The first-order valence-corrected chi connectivity index (χ1v) is 7.28. The summed E-state index contributed by atoms with van der Waals surface area (Å²) >= 11 is 0. The molecule has 108 valence electrons. The third kappa shape index (κ3) is 2.95. The molecule has 20 heavy (non-hydrogen) atoms.